The molecule has 0 aromatic rings. The molecule has 1 N–H and O–H groups in total. The maximum Gasteiger partial charge on any atom is 0.220 e. The molecule has 1 saturated heterocycles. The Balaban J connectivity index is 0.000000336. The van der Waals surface area contributed by atoms with Gasteiger partial charge in [-0.3, -0.25) is 4.79 Å². The van der Waals surface area contributed by atoms with Gasteiger partial charge in [0.05, 0.1) is 0 Å². The summed E-state index contributed by atoms with van der Waals surface area (Å²) in [7, 11) is 0. The van der Waals surface area contributed by atoms with Gasteiger partial charge in [-0.05, 0) is 18.8 Å². The first-order valence-electron chi connectivity index (χ1n) is 5.08. The molecule has 70 valence electrons. The maximum absolute atomic E-state index is 11.0. The van der Waals surface area contributed by atoms with E-state index in [0.717, 1.165) is 12.8 Å². The summed E-state index contributed by atoms with van der Waals surface area (Å²) in [5.41, 5.74) is 0.284. The second-order valence-corrected chi connectivity index (χ2v) is 3.51. The largest absolute Gasteiger partial charge is 0.350 e. The number of nitrogens with one attached hydrogen (secondary N) is 1. The molecule has 0 aromatic heterocycles. The van der Waals surface area contributed by atoms with E-state index in [1.165, 1.54) is 12.8 Å². The molecule has 1 atom stereocenters. The van der Waals surface area contributed by atoms with Crippen LogP contribution in [0.3, 0.4) is 0 Å². The zero-order valence-corrected chi connectivity index (χ0v) is 8.31. The van der Waals surface area contributed by atoms with Crippen molar-refractivity contribution in [1.82, 2.24) is 5.32 Å². The molecule has 1 aliphatic heterocycles. The predicted molar refractivity (Wildman–Crippen MR) is 49.9 cm³/mol. The quantitative estimate of drug-likeness (QED) is 0.640. The van der Waals surface area contributed by atoms with Crippen LogP contribution in [-0.4, -0.2) is 11.4 Å². The fraction of sp³-hybridized carbons (Fsp3) is 0.900. The topological polar surface area (TPSA) is 29.1 Å². The molecule has 12 heavy (non-hydrogen) atoms. The van der Waals surface area contributed by atoms with Crippen molar-refractivity contribution in [2.45, 2.75) is 52.0 Å². The van der Waals surface area contributed by atoms with Crippen molar-refractivity contribution in [3.63, 3.8) is 0 Å². The van der Waals surface area contributed by atoms with Gasteiger partial charge < -0.3 is 5.32 Å². The molecular formula is C10H19NO. The van der Waals surface area contributed by atoms with Crippen LogP contribution in [0.5, 0.6) is 0 Å². The molecule has 2 aliphatic rings. The first-order valence-corrected chi connectivity index (χ1v) is 5.08. The summed E-state index contributed by atoms with van der Waals surface area (Å²) in [5, 5.41) is 3.07. The lowest BCUT2D eigenvalue weighted by atomic mass is 9.96. The highest BCUT2D eigenvalue weighted by Crippen LogP contribution is 2.48. The molecule has 0 aromatic carbocycles. The Hall–Kier alpha value is -0.530. The molecule has 1 aliphatic carbocycles. The van der Waals surface area contributed by atoms with E-state index in [9.17, 15) is 4.79 Å². The van der Waals surface area contributed by atoms with Crippen LogP contribution < -0.4 is 5.32 Å². The Labute approximate surface area is 74.7 Å². The van der Waals surface area contributed by atoms with Gasteiger partial charge in [0.2, 0.25) is 5.91 Å². The highest BCUT2D eigenvalue weighted by atomic mass is 16.2. The smallest absolute Gasteiger partial charge is 0.220 e. The van der Waals surface area contributed by atoms with Gasteiger partial charge in [-0.25, -0.2) is 0 Å². The van der Waals surface area contributed by atoms with Crippen molar-refractivity contribution in [3.8, 4) is 0 Å². The summed E-state index contributed by atoms with van der Waals surface area (Å²) in [5.74, 6) is 0.907. The summed E-state index contributed by atoms with van der Waals surface area (Å²) < 4.78 is 0. The average Bonchev–Trinajstić information content (AvgIpc) is 2.76. The van der Waals surface area contributed by atoms with Crippen molar-refractivity contribution < 1.29 is 4.79 Å². The summed E-state index contributed by atoms with van der Waals surface area (Å²) >= 11 is 0. The number of amides is 1. The van der Waals surface area contributed by atoms with Crippen LogP contribution in [-0.2, 0) is 4.79 Å². The van der Waals surface area contributed by atoms with Gasteiger partial charge in [0.1, 0.15) is 0 Å². The second kappa shape index (κ2) is 3.46. The summed E-state index contributed by atoms with van der Waals surface area (Å²) in [6, 6.07) is 0. The van der Waals surface area contributed by atoms with Crippen LogP contribution in [0.15, 0.2) is 0 Å². The Morgan fingerprint density at radius 2 is 2.08 bits per heavy atom. The number of carbonyl (C=O) groups excluding carboxylic acids is 1. The number of carbonyl (C=O) groups is 1. The standard InChI is InChI=1S/C8H13NO.C2H6/c1-2-6-5-7(10)9-8(6)3-4-8;1-2/h6H,2-5H2,1H3,(H,9,10);1-2H3. The summed E-state index contributed by atoms with van der Waals surface area (Å²) in [6.45, 7) is 6.17. The highest BCUT2D eigenvalue weighted by molar-refractivity contribution is 5.80. The molecule has 1 unspecified atom stereocenters. The SMILES string of the molecule is CC.CCC1CC(=O)NC12CC2. The van der Waals surface area contributed by atoms with E-state index in [-0.39, 0.29) is 11.4 Å². The molecule has 2 nitrogen and oxygen atoms in total. The molecule has 1 amide bonds. The summed E-state index contributed by atoms with van der Waals surface area (Å²) in [6.07, 6.45) is 4.36. The van der Waals surface area contributed by atoms with Gasteiger partial charge in [-0.1, -0.05) is 27.2 Å². The van der Waals surface area contributed by atoms with Gasteiger partial charge in [0, 0.05) is 12.0 Å². The molecule has 0 bridgehead atoms. The van der Waals surface area contributed by atoms with Gasteiger partial charge in [-0.15, -0.1) is 0 Å². The van der Waals surface area contributed by atoms with Crippen molar-refractivity contribution in [1.29, 1.82) is 0 Å². The van der Waals surface area contributed by atoms with E-state index in [2.05, 4.69) is 12.2 Å². The van der Waals surface area contributed by atoms with Gasteiger partial charge in [0.15, 0.2) is 0 Å². The third-order valence-corrected chi connectivity index (χ3v) is 2.88. The van der Waals surface area contributed by atoms with Gasteiger partial charge in [0.25, 0.3) is 0 Å². The van der Waals surface area contributed by atoms with Gasteiger partial charge >= 0.3 is 0 Å². The Morgan fingerprint density at radius 1 is 1.50 bits per heavy atom. The van der Waals surface area contributed by atoms with E-state index in [1.807, 2.05) is 13.8 Å². The van der Waals surface area contributed by atoms with Crippen LogP contribution in [0.1, 0.15) is 46.5 Å². The van der Waals surface area contributed by atoms with E-state index in [1.54, 1.807) is 0 Å². The van der Waals surface area contributed by atoms with Gasteiger partial charge in [-0.2, -0.15) is 0 Å². The van der Waals surface area contributed by atoms with E-state index in [4.69, 9.17) is 0 Å². The molecule has 2 fully saturated rings. The van der Waals surface area contributed by atoms with E-state index >= 15 is 0 Å². The highest BCUT2D eigenvalue weighted by Gasteiger charge is 2.54. The Kier molecular flexibility index (Phi) is 2.76. The van der Waals surface area contributed by atoms with E-state index < -0.39 is 0 Å². The lowest BCUT2D eigenvalue weighted by Crippen LogP contribution is -2.30. The van der Waals surface area contributed by atoms with Crippen LogP contribution in [0.2, 0.25) is 0 Å². The van der Waals surface area contributed by atoms with Crippen molar-refractivity contribution in [2.75, 3.05) is 0 Å². The molecular weight excluding hydrogens is 150 g/mol. The van der Waals surface area contributed by atoms with Crippen molar-refractivity contribution in [2.24, 2.45) is 5.92 Å². The number of hydrogen-bond acceptors (Lipinski definition) is 1. The zero-order valence-electron chi connectivity index (χ0n) is 8.31. The number of hydrogen-bond donors (Lipinski definition) is 1. The average molecular weight is 169 g/mol. The lowest BCUT2D eigenvalue weighted by Gasteiger charge is -2.13. The third kappa shape index (κ3) is 1.47. The molecule has 2 heteroatoms. The molecule has 1 heterocycles. The minimum absolute atomic E-state index is 0.268. The van der Waals surface area contributed by atoms with Crippen LogP contribution in [0, 0.1) is 5.92 Å². The second-order valence-electron chi connectivity index (χ2n) is 3.51. The van der Waals surface area contributed by atoms with Crippen molar-refractivity contribution in [3.05, 3.63) is 0 Å². The normalized spacial score (nSPS) is 29.2. The predicted octanol–water partition coefficient (Wildman–Crippen LogP) is 2.09. The zero-order chi connectivity index (χ0) is 9.19. The lowest BCUT2D eigenvalue weighted by molar-refractivity contribution is -0.119. The molecule has 1 saturated carbocycles. The number of rotatable bonds is 1. The molecule has 1 spiro atoms. The fourth-order valence-electron chi connectivity index (χ4n) is 2.05. The molecule has 0 radical (unpaired) electrons. The maximum atomic E-state index is 11.0. The minimum Gasteiger partial charge on any atom is -0.350 e. The van der Waals surface area contributed by atoms with E-state index in [0.29, 0.717) is 5.92 Å². The fourth-order valence-corrected chi connectivity index (χ4v) is 2.05. The third-order valence-electron chi connectivity index (χ3n) is 2.88. The first-order chi connectivity index (χ1) is 5.77. The Bertz CT molecular complexity index is 173. The van der Waals surface area contributed by atoms with Crippen molar-refractivity contribution >= 4 is 5.91 Å². The minimum atomic E-state index is 0.268. The van der Waals surface area contributed by atoms with Crippen LogP contribution in [0.4, 0.5) is 0 Å². The first kappa shape index (κ1) is 9.56. The summed E-state index contributed by atoms with van der Waals surface area (Å²) in [4.78, 5) is 11.0. The van der Waals surface area contributed by atoms with Crippen LogP contribution >= 0.6 is 0 Å². The molecule has 2 rings (SSSR count). The Morgan fingerprint density at radius 3 is 2.42 bits per heavy atom. The monoisotopic (exact) mass is 169 g/mol. The van der Waals surface area contributed by atoms with Crippen LogP contribution in [0.25, 0.3) is 0 Å².